The van der Waals surface area contributed by atoms with E-state index in [0.717, 1.165) is 5.56 Å². The first-order valence-corrected chi connectivity index (χ1v) is 4.20. The van der Waals surface area contributed by atoms with Crippen LogP contribution >= 0.6 is 0 Å². The zero-order chi connectivity index (χ0) is 9.42. The molecule has 0 unspecified atom stereocenters. The van der Waals surface area contributed by atoms with Gasteiger partial charge >= 0.3 is 0 Å². The quantitative estimate of drug-likeness (QED) is 0.683. The van der Waals surface area contributed by atoms with E-state index in [2.05, 4.69) is 0 Å². The van der Waals surface area contributed by atoms with Gasteiger partial charge in [0.15, 0.2) is 6.10 Å². The monoisotopic (exact) mass is 177 g/mol. The third kappa shape index (κ3) is 1.55. The number of hydrogen-bond donors (Lipinski definition) is 1. The van der Waals surface area contributed by atoms with Gasteiger partial charge in [0.05, 0.1) is 0 Å². The fraction of sp³-hybridized carbons (Fsp3) is 0.300. The first-order valence-electron chi connectivity index (χ1n) is 4.20. The molecule has 1 aliphatic rings. The summed E-state index contributed by atoms with van der Waals surface area (Å²) in [6.07, 6.45) is -0.527. The van der Waals surface area contributed by atoms with Gasteiger partial charge in [0, 0.05) is 0 Å². The van der Waals surface area contributed by atoms with Gasteiger partial charge in [0.25, 0.3) is 0 Å². The Bertz CT molecular complexity index is 331. The lowest BCUT2D eigenvalue weighted by atomic mass is 10.1. The van der Waals surface area contributed by atoms with E-state index in [1.54, 1.807) is 0 Å². The van der Waals surface area contributed by atoms with Crippen molar-refractivity contribution in [2.75, 3.05) is 0 Å². The number of ether oxygens (including phenoxy) is 1. The van der Waals surface area contributed by atoms with Gasteiger partial charge < -0.3 is 10.5 Å². The van der Waals surface area contributed by atoms with Crippen molar-refractivity contribution in [3.8, 4) is 0 Å². The lowest BCUT2D eigenvalue weighted by Gasteiger charge is -1.95. The fourth-order valence-electron chi connectivity index (χ4n) is 1.34. The molecule has 2 atom stereocenters. The number of carbonyl (C=O) groups excluding carboxylic acids is 1. The zero-order valence-corrected chi connectivity index (χ0v) is 7.36. The summed E-state index contributed by atoms with van der Waals surface area (Å²) in [5.74, 6) is -0.384. The third-order valence-corrected chi connectivity index (χ3v) is 2.18. The van der Waals surface area contributed by atoms with Crippen LogP contribution < -0.4 is 5.73 Å². The Morgan fingerprint density at radius 3 is 2.46 bits per heavy atom. The Kier molecular flexibility index (Phi) is 1.81. The SMILES string of the molecule is Cc1ccc([C@@H]2O[C@@H]2C(N)=O)cc1. The molecule has 0 bridgehead atoms. The van der Waals surface area contributed by atoms with Gasteiger partial charge in [-0.25, -0.2) is 0 Å². The Morgan fingerprint density at radius 2 is 2.00 bits per heavy atom. The molecule has 1 aromatic carbocycles. The molecule has 0 spiro atoms. The first-order chi connectivity index (χ1) is 6.18. The average molecular weight is 177 g/mol. The molecule has 1 aromatic rings. The standard InChI is InChI=1S/C10H11NO2/c1-6-2-4-7(5-3-6)8-9(13-8)10(11)12/h2-5,8-9H,1H3,(H2,11,12)/t8-,9-/m0/s1. The molecule has 68 valence electrons. The lowest BCUT2D eigenvalue weighted by Crippen LogP contribution is -2.18. The van der Waals surface area contributed by atoms with Gasteiger partial charge in [-0.3, -0.25) is 4.79 Å². The van der Waals surface area contributed by atoms with Gasteiger partial charge in [-0.2, -0.15) is 0 Å². The summed E-state index contributed by atoms with van der Waals surface area (Å²) in [4.78, 5) is 10.7. The molecular weight excluding hydrogens is 166 g/mol. The van der Waals surface area contributed by atoms with Gasteiger partial charge in [0.2, 0.25) is 5.91 Å². The number of primary amides is 1. The van der Waals surface area contributed by atoms with Crippen LogP contribution in [0.5, 0.6) is 0 Å². The maximum Gasteiger partial charge on any atom is 0.249 e. The summed E-state index contributed by atoms with van der Waals surface area (Å²) < 4.78 is 5.13. The Hall–Kier alpha value is -1.35. The summed E-state index contributed by atoms with van der Waals surface area (Å²) >= 11 is 0. The average Bonchev–Trinajstić information content (AvgIpc) is 2.85. The number of carbonyl (C=O) groups is 1. The van der Waals surface area contributed by atoms with E-state index < -0.39 is 6.10 Å². The molecule has 0 aliphatic carbocycles. The summed E-state index contributed by atoms with van der Waals surface area (Å²) in [5.41, 5.74) is 7.31. The van der Waals surface area contributed by atoms with Crippen LogP contribution in [0.25, 0.3) is 0 Å². The van der Waals surface area contributed by atoms with Crippen LogP contribution in [0.4, 0.5) is 0 Å². The number of amides is 1. The fourth-order valence-corrected chi connectivity index (χ4v) is 1.34. The molecule has 0 saturated carbocycles. The third-order valence-electron chi connectivity index (χ3n) is 2.18. The second-order valence-electron chi connectivity index (χ2n) is 3.29. The van der Waals surface area contributed by atoms with Gasteiger partial charge in [-0.1, -0.05) is 29.8 Å². The molecular formula is C10H11NO2. The van der Waals surface area contributed by atoms with Crippen molar-refractivity contribution in [2.45, 2.75) is 19.1 Å². The molecule has 13 heavy (non-hydrogen) atoms. The van der Waals surface area contributed by atoms with Gasteiger partial charge in [0.1, 0.15) is 6.10 Å². The van der Waals surface area contributed by atoms with Crippen molar-refractivity contribution in [3.05, 3.63) is 35.4 Å². The molecule has 1 aliphatic heterocycles. The van der Waals surface area contributed by atoms with Crippen LogP contribution in [0.2, 0.25) is 0 Å². The number of hydrogen-bond acceptors (Lipinski definition) is 2. The largest absolute Gasteiger partial charge is 0.367 e. The number of rotatable bonds is 2. The van der Waals surface area contributed by atoms with E-state index in [1.807, 2.05) is 31.2 Å². The summed E-state index contributed by atoms with van der Waals surface area (Å²) in [6.45, 7) is 2.02. The Morgan fingerprint density at radius 1 is 1.38 bits per heavy atom. The van der Waals surface area contributed by atoms with Crippen molar-refractivity contribution in [3.63, 3.8) is 0 Å². The van der Waals surface area contributed by atoms with Crippen LogP contribution in [0.15, 0.2) is 24.3 Å². The molecule has 1 saturated heterocycles. The molecule has 3 heteroatoms. The highest BCUT2D eigenvalue weighted by atomic mass is 16.6. The highest BCUT2D eigenvalue weighted by Crippen LogP contribution is 2.38. The topological polar surface area (TPSA) is 55.6 Å². The predicted molar refractivity (Wildman–Crippen MR) is 48.0 cm³/mol. The van der Waals surface area contributed by atoms with Crippen molar-refractivity contribution in [2.24, 2.45) is 5.73 Å². The van der Waals surface area contributed by atoms with E-state index in [9.17, 15) is 4.79 Å². The maximum atomic E-state index is 10.7. The highest BCUT2D eigenvalue weighted by Gasteiger charge is 2.44. The number of aryl methyl sites for hydroxylation is 1. The maximum absolute atomic E-state index is 10.7. The number of benzene rings is 1. The van der Waals surface area contributed by atoms with Crippen molar-refractivity contribution >= 4 is 5.91 Å². The van der Waals surface area contributed by atoms with Crippen molar-refractivity contribution in [1.82, 2.24) is 0 Å². The molecule has 1 fully saturated rings. The normalized spacial score (nSPS) is 25.6. The zero-order valence-electron chi connectivity index (χ0n) is 7.36. The second kappa shape index (κ2) is 2.85. The molecule has 0 radical (unpaired) electrons. The molecule has 3 nitrogen and oxygen atoms in total. The molecule has 2 rings (SSSR count). The summed E-state index contributed by atoms with van der Waals surface area (Å²) in [7, 11) is 0. The minimum absolute atomic E-state index is 0.113. The van der Waals surface area contributed by atoms with E-state index >= 15 is 0 Å². The van der Waals surface area contributed by atoms with Crippen molar-refractivity contribution in [1.29, 1.82) is 0 Å². The first kappa shape index (κ1) is 8.26. The Labute approximate surface area is 76.5 Å². The highest BCUT2D eigenvalue weighted by molar-refractivity contribution is 5.82. The van der Waals surface area contributed by atoms with E-state index in [-0.39, 0.29) is 12.0 Å². The second-order valence-corrected chi connectivity index (χ2v) is 3.29. The van der Waals surface area contributed by atoms with Crippen LogP contribution in [0.3, 0.4) is 0 Å². The van der Waals surface area contributed by atoms with Gasteiger partial charge in [-0.05, 0) is 12.5 Å². The molecule has 1 heterocycles. The van der Waals surface area contributed by atoms with Crippen LogP contribution in [-0.2, 0) is 9.53 Å². The smallest absolute Gasteiger partial charge is 0.249 e. The summed E-state index contributed by atoms with van der Waals surface area (Å²) in [5, 5.41) is 0. The molecule has 0 aromatic heterocycles. The lowest BCUT2D eigenvalue weighted by molar-refractivity contribution is -0.119. The number of epoxide rings is 1. The van der Waals surface area contributed by atoms with E-state index in [4.69, 9.17) is 10.5 Å². The van der Waals surface area contributed by atoms with Crippen LogP contribution in [0.1, 0.15) is 17.2 Å². The minimum atomic E-state index is -0.414. The summed E-state index contributed by atoms with van der Waals surface area (Å²) in [6, 6.07) is 7.91. The predicted octanol–water partition coefficient (Wildman–Crippen LogP) is 0.920. The van der Waals surface area contributed by atoms with Crippen LogP contribution in [-0.4, -0.2) is 12.0 Å². The van der Waals surface area contributed by atoms with E-state index in [1.165, 1.54) is 5.56 Å². The van der Waals surface area contributed by atoms with E-state index in [0.29, 0.717) is 0 Å². The minimum Gasteiger partial charge on any atom is -0.367 e. The van der Waals surface area contributed by atoms with Crippen LogP contribution in [0, 0.1) is 6.92 Å². The molecule has 2 N–H and O–H groups in total. The Balaban J connectivity index is 2.12. The van der Waals surface area contributed by atoms with Crippen molar-refractivity contribution < 1.29 is 9.53 Å². The molecule has 1 amide bonds. The van der Waals surface area contributed by atoms with Gasteiger partial charge in [-0.15, -0.1) is 0 Å². The number of nitrogens with two attached hydrogens (primary N) is 1.